The first-order valence-corrected chi connectivity index (χ1v) is 11.4. The summed E-state index contributed by atoms with van der Waals surface area (Å²) in [7, 11) is 0. The van der Waals surface area contributed by atoms with Gasteiger partial charge in [-0.2, -0.15) is 0 Å². The number of likely N-dealkylation sites (tertiary alicyclic amines) is 1. The van der Waals surface area contributed by atoms with Gasteiger partial charge in [0.05, 0.1) is 17.2 Å². The van der Waals surface area contributed by atoms with E-state index in [1.54, 1.807) is 12.4 Å². The third kappa shape index (κ3) is 3.74. The molecule has 0 saturated carbocycles. The number of amides is 1. The Kier molecular flexibility index (Phi) is 5.16. The lowest BCUT2D eigenvalue weighted by Gasteiger charge is -2.36. The molecule has 5 rings (SSSR count). The van der Waals surface area contributed by atoms with E-state index in [0.29, 0.717) is 5.82 Å². The Morgan fingerprint density at radius 3 is 2.62 bits per heavy atom. The molecule has 1 spiro atoms. The van der Waals surface area contributed by atoms with E-state index < -0.39 is 0 Å². The topological polar surface area (TPSA) is 71.0 Å². The number of aryl methyl sites for hydroxylation is 3. The van der Waals surface area contributed by atoms with E-state index in [1.165, 1.54) is 11.1 Å². The first-order valence-electron chi connectivity index (χ1n) is 11.4. The Morgan fingerprint density at radius 1 is 1.12 bits per heavy atom. The number of benzene rings is 1. The van der Waals surface area contributed by atoms with Gasteiger partial charge >= 0.3 is 0 Å². The second-order valence-electron chi connectivity index (χ2n) is 9.25. The van der Waals surface area contributed by atoms with Crippen molar-refractivity contribution >= 4 is 11.7 Å². The fraction of sp³-hybridized carbons (Fsp3) is 0.385. The first-order chi connectivity index (χ1) is 15.4. The van der Waals surface area contributed by atoms with Crippen molar-refractivity contribution in [3.63, 3.8) is 0 Å². The van der Waals surface area contributed by atoms with Gasteiger partial charge in [0.2, 0.25) is 5.91 Å². The molecule has 1 N–H and O–H groups in total. The van der Waals surface area contributed by atoms with Gasteiger partial charge in [-0.3, -0.25) is 4.79 Å². The van der Waals surface area contributed by atoms with Crippen molar-refractivity contribution in [2.45, 2.75) is 51.5 Å². The Balaban J connectivity index is 1.33. The van der Waals surface area contributed by atoms with E-state index in [1.807, 2.05) is 24.8 Å². The molecule has 1 aromatic carbocycles. The molecule has 3 aromatic rings. The van der Waals surface area contributed by atoms with Crippen LogP contribution >= 0.6 is 0 Å². The van der Waals surface area contributed by atoms with Crippen molar-refractivity contribution in [1.82, 2.24) is 19.9 Å². The van der Waals surface area contributed by atoms with Crippen molar-refractivity contribution in [3.8, 4) is 11.4 Å². The number of carbonyl (C=O) groups is 1. The third-order valence-corrected chi connectivity index (χ3v) is 6.97. The van der Waals surface area contributed by atoms with Gasteiger partial charge in [0.25, 0.3) is 0 Å². The fourth-order valence-corrected chi connectivity index (χ4v) is 4.94. The number of rotatable bonds is 3. The van der Waals surface area contributed by atoms with E-state index in [-0.39, 0.29) is 17.4 Å². The smallest absolute Gasteiger partial charge is 0.229 e. The molecule has 2 aromatic heterocycles. The molecule has 1 fully saturated rings. The standard InChI is InChI=1S/C26H29N5O/c1-17-5-7-20(8-6-17)18(2)25(32)31-14-11-26(16-31)10-9-21-15-22(19(3)29-23(21)30-26)24-27-12-4-13-28-24/h4-8,12-13,15,18H,9-11,14,16H2,1-3H3,(H,29,30)/t18-,26-/m0/s1. The molecule has 0 aliphatic carbocycles. The quantitative estimate of drug-likeness (QED) is 0.675. The minimum Gasteiger partial charge on any atom is -0.363 e. The summed E-state index contributed by atoms with van der Waals surface area (Å²) in [4.78, 5) is 28.9. The maximum atomic E-state index is 13.2. The highest BCUT2D eigenvalue weighted by atomic mass is 16.2. The van der Waals surface area contributed by atoms with Crippen LogP contribution in [0, 0.1) is 13.8 Å². The molecule has 0 radical (unpaired) electrons. The summed E-state index contributed by atoms with van der Waals surface area (Å²) in [6, 6.07) is 12.3. The number of anilines is 1. The molecule has 0 unspecified atom stereocenters. The van der Waals surface area contributed by atoms with Crippen LogP contribution in [0.15, 0.2) is 48.8 Å². The van der Waals surface area contributed by atoms with Gasteiger partial charge in [0.15, 0.2) is 5.82 Å². The second-order valence-corrected chi connectivity index (χ2v) is 9.25. The van der Waals surface area contributed by atoms with E-state index in [4.69, 9.17) is 4.98 Å². The molecule has 2 aliphatic heterocycles. The summed E-state index contributed by atoms with van der Waals surface area (Å²) in [6.45, 7) is 7.60. The fourth-order valence-electron chi connectivity index (χ4n) is 4.94. The first kappa shape index (κ1) is 20.6. The minimum atomic E-state index is -0.129. The van der Waals surface area contributed by atoms with Gasteiger partial charge < -0.3 is 10.2 Å². The number of nitrogens with one attached hydrogen (secondary N) is 1. The summed E-state index contributed by atoms with van der Waals surface area (Å²) in [5.41, 5.74) is 5.29. The Hall–Kier alpha value is -3.28. The van der Waals surface area contributed by atoms with E-state index in [0.717, 1.165) is 55.0 Å². The molecule has 2 atom stereocenters. The van der Waals surface area contributed by atoms with Crippen molar-refractivity contribution in [3.05, 3.63) is 71.2 Å². The van der Waals surface area contributed by atoms with Gasteiger partial charge in [-0.25, -0.2) is 15.0 Å². The molecule has 0 bridgehead atoms. The van der Waals surface area contributed by atoms with Crippen molar-refractivity contribution in [1.29, 1.82) is 0 Å². The highest BCUT2D eigenvalue weighted by Crippen LogP contribution is 2.38. The number of hydrogen-bond acceptors (Lipinski definition) is 5. The van der Waals surface area contributed by atoms with Gasteiger partial charge in [-0.1, -0.05) is 29.8 Å². The normalized spacial score (nSPS) is 20.7. The van der Waals surface area contributed by atoms with Crippen LogP contribution in [0.25, 0.3) is 11.4 Å². The lowest BCUT2D eigenvalue weighted by atomic mass is 9.86. The predicted octanol–water partition coefficient (Wildman–Crippen LogP) is 4.29. The Morgan fingerprint density at radius 2 is 1.88 bits per heavy atom. The molecule has 6 heteroatoms. The van der Waals surface area contributed by atoms with Gasteiger partial charge in [-0.15, -0.1) is 0 Å². The van der Waals surface area contributed by atoms with Crippen LogP contribution < -0.4 is 5.32 Å². The van der Waals surface area contributed by atoms with Crippen molar-refractivity contribution in [2.75, 3.05) is 18.4 Å². The summed E-state index contributed by atoms with van der Waals surface area (Å²) < 4.78 is 0. The number of nitrogens with zero attached hydrogens (tertiary/aromatic N) is 4. The minimum absolute atomic E-state index is 0.0974. The molecule has 6 nitrogen and oxygen atoms in total. The van der Waals surface area contributed by atoms with Crippen molar-refractivity contribution < 1.29 is 4.79 Å². The molecule has 164 valence electrons. The molecule has 1 saturated heterocycles. The third-order valence-electron chi connectivity index (χ3n) is 6.97. The highest BCUT2D eigenvalue weighted by molar-refractivity contribution is 5.84. The highest BCUT2D eigenvalue weighted by Gasteiger charge is 2.43. The number of aromatic nitrogens is 3. The van der Waals surface area contributed by atoms with E-state index in [9.17, 15) is 4.79 Å². The van der Waals surface area contributed by atoms with Crippen LogP contribution in [-0.4, -0.2) is 44.4 Å². The summed E-state index contributed by atoms with van der Waals surface area (Å²) in [5, 5.41) is 3.72. The van der Waals surface area contributed by atoms with E-state index >= 15 is 0 Å². The average molecular weight is 428 g/mol. The molecule has 1 amide bonds. The van der Waals surface area contributed by atoms with Crippen LogP contribution in [0.3, 0.4) is 0 Å². The summed E-state index contributed by atoms with van der Waals surface area (Å²) in [5.74, 6) is 1.73. The van der Waals surface area contributed by atoms with Crippen LogP contribution in [0.4, 0.5) is 5.82 Å². The second kappa shape index (κ2) is 8.01. The molecule has 4 heterocycles. The molecule has 2 aliphatic rings. The Labute approximate surface area is 189 Å². The molecular weight excluding hydrogens is 398 g/mol. The predicted molar refractivity (Wildman–Crippen MR) is 125 cm³/mol. The van der Waals surface area contributed by atoms with E-state index in [2.05, 4.69) is 52.5 Å². The maximum absolute atomic E-state index is 13.2. The monoisotopic (exact) mass is 427 g/mol. The number of hydrogen-bond donors (Lipinski definition) is 1. The number of pyridine rings is 1. The van der Waals surface area contributed by atoms with Crippen LogP contribution in [0.1, 0.15) is 48.1 Å². The zero-order valence-corrected chi connectivity index (χ0v) is 18.9. The molecular formula is C26H29N5O. The van der Waals surface area contributed by atoms with Gasteiger partial charge in [0, 0.05) is 31.0 Å². The van der Waals surface area contributed by atoms with Crippen LogP contribution in [-0.2, 0) is 11.2 Å². The van der Waals surface area contributed by atoms with Gasteiger partial charge in [0.1, 0.15) is 5.82 Å². The SMILES string of the molecule is Cc1ccc([C@H](C)C(=O)N2CC[C@@]3(CCc4cc(-c5ncccn5)c(C)nc4N3)C2)cc1. The average Bonchev–Trinajstić information content (AvgIpc) is 3.22. The lowest BCUT2D eigenvalue weighted by Crippen LogP contribution is -2.46. The zero-order valence-electron chi connectivity index (χ0n) is 18.9. The van der Waals surface area contributed by atoms with Crippen LogP contribution in [0.2, 0.25) is 0 Å². The maximum Gasteiger partial charge on any atom is 0.229 e. The summed E-state index contributed by atoms with van der Waals surface area (Å²) in [6.07, 6.45) is 6.39. The van der Waals surface area contributed by atoms with Gasteiger partial charge in [-0.05, 0) is 63.3 Å². The summed E-state index contributed by atoms with van der Waals surface area (Å²) >= 11 is 0. The van der Waals surface area contributed by atoms with Crippen molar-refractivity contribution in [2.24, 2.45) is 0 Å². The lowest BCUT2D eigenvalue weighted by molar-refractivity contribution is -0.131. The number of fused-ring (bicyclic) bond motifs is 1. The number of carbonyl (C=O) groups excluding carboxylic acids is 1. The van der Waals surface area contributed by atoms with Crippen LogP contribution in [0.5, 0.6) is 0 Å². The Bertz CT molecular complexity index is 1140. The zero-order chi connectivity index (χ0) is 22.3. The largest absolute Gasteiger partial charge is 0.363 e. The molecule has 32 heavy (non-hydrogen) atoms.